The van der Waals surface area contributed by atoms with Gasteiger partial charge in [0, 0.05) is 25.4 Å². The van der Waals surface area contributed by atoms with Crippen LogP contribution in [0.25, 0.3) is 0 Å². The van der Waals surface area contributed by atoms with Crippen LogP contribution in [0.1, 0.15) is 46.0 Å². The van der Waals surface area contributed by atoms with E-state index in [-0.39, 0.29) is 0 Å². The van der Waals surface area contributed by atoms with Gasteiger partial charge in [0.1, 0.15) is 0 Å². The summed E-state index contributed by atoms with van der Waals surface area (Å²) in [5.74, 6) is 1.47. The minimum absolute atomic E-state index is 0.332. The first-order chi connectivity index (χ1) is 8.27. The summed E-state index contributed by atoms with van der Waals surface area (Å²) < 4.78 is 0. The number of hydrogen-bond acceptors (Lipinski definition) is 3. The highest BCUT2D eigenvalue weighted by Crippen LogP contribution is 2.18. The van der Waals surface area contributed by atoms with E-state index in [1.807, 2.05) is 11.8 Å². The van der Waals surface area contributed by atoms with E-state index in [0.717, 1.165) is 51.1 Å². The van der Waals surface area contributed by atoms with Crippen molar-refractivity contribution in [1.29, 1.82) is 0 Å². The molecule has 0 aromatic heterocycles. The normalized spacial score (nSPS) is 19.5. The monoisotopic (exact) mass is 258 g/mol. The quantitative estimate of drug-likeness (QED) is 0.726. The van der Waals surface area contributed by atoms with E-state index in [4.69, 9.17) is 0 Å². The Balaban J connectivity index is 2.34. The Morgan fingerprint density at radius 1 is 1.29 bits per heavy atom. The van der Waals surface area contributed by atoms with Crippen LogP contribution in [0.15, 0.2) is 0 Å². The second-order valence-electron chi connectivity index (χ2n) is 4.61. The van der Waals surface area contributed by atoms with Gasteiger partial charge in [-0.1, -0.05) is 26.7 Å². The largest absolute Gasteiger partial charge is 0.343 e. The molecule has 1 rings (SSSR count). The van der Waals surface area contributed by atoms with Gasteiger partial charge in [-0.2, -0.15) is 0 Å². The van der Waals surface area contributed by atoms with Crippen LogP contribution in [0.3, 0.4) is 0 Å². The third-order valence-corrected chi connectivity index (χ3v) is 4.24. The lowest BCUT2D eigenvalue weighted by molar-refractivity contribution is -0.131. The molecule has 4 heteroatoms. The molecule has 1 saturated heterocycles. The molecule has 1 aliphatic rings. The molecule has 1 atom stereocenters. The second kappa shape index (κ2) is 8.81. The second-order valence-corrected chi connectivity index (χ2v) is 5.92. The summed E-state index contributed by atoms with van der Waals surface area (Å²) in [6, 6.07) is 0. The lowest BCUT2D eigenvalue weighted by atomic mass is 10.2. The number of nitrogens with zero attached hydrogens (tertiary/aromatic N) is 1. The minimum atomic E-state index is 0.332. The summed E-state index contributed by atoms with van der Waals surface area (Å²) in [6.45, 7) is 7.28. The van der Waals surface area contributed by atoms with Crippen LogP contribution in [0.2, 0.25) is 0 Å². The standard InChI is InChI=1S/C13H26N2OS/c1-3-5-8-15(9-6-4-2)13(16)11-12-14-7-10-17-12/h12,14H,3-11H2,1-2H3. The van der Waals surface area contributed by atoms with Crippen molar-refractivity contribution in [3.05, 3.63) is 0 Å². The van der Waals surface area contributed by atoms with E-state index in [0.29, 0.717) is 17.7 Å². The van der Waals surface area contributed by atoms with Crippen LogP contribution in [0.5, 0.6) is 0 Å². The molecule has 1 N–H and O–H groups in total. The zero-order chi connectivity index (χ0) is 12.5. The lowest BCUT2D eigenvalue weighted by Crippen LogP contribution is -2.36. The molecular weight excluding hydrogens is 232 g/mol. The highest BCUT2D eigenvalue weighted by molar-refractivity contribution is 8.00. The molecule has 0 radical (unpaired) electrons. The number of rotatable bonds is 8. The summed E-state index contributed by atoms with van der Waals surface area (Å²) in [6.07, 6.45) is 5.23. The first-order valence-electron chi connectivity index (χ1n) is 6.90. The molecule has 100 valence electrons. The molecule has 0 aliphatic carbocycles. The summed E-state index contributed by atoms with van der Waals surface area (Å²) in [5, 5.41) is 3.72. The lowest BCUT2D eigenvalue weighted by Gasteiger charge is -2.23. The van der Waals surface area contributed by atoms with E-state index in [9.17, 15) is 4.79 Å². The van der Waals surface area contributed by atoms with Gasteiger partial charge in [-0.15, -0.1) is 11.8 Å². The van der Waals surface area contributed by atoms with E-state index < -0.39 is 0 Å². The molecule has 0 aromatic rings. The molecule has 0 spiro atoms. The zero-order valence-electron chi connectivity index (χ0n) is 11.2. The number of amides is 1. The molecule has 1 heterocycles. The first-order valence-corrected chi connectivity index (χ1v) is 7.95. The number of carbonyl (C=O) groups excluding carboxylic acids is 1. The summed E-state index contributed by atoms with van der Waals surface area (Å²) in [5.41, 5.74) is 0. The predicted octanol–water partition coefficient (Wildman–Crippen LogP) is 2.47. The van der Waals surface area contributed by atoms with Crippen LogP contribution < -0.4 is 5.32 Å². The fourth-order valence-electron chi connectivity index (χ4n) is 1.96. The number of carbonyl (C=O) groups is 1. The third kappa shape index (κ3) is 5.77. The fourth-order valence-corrected chi connectivity index (χ4v) is 2.97. The number of hydrogen-bond donors (Lipinski definition) is 1. The Kier molecular flexibility index (Phi) is 7.69. The molecule has 1 amide bonds. The van der Waals surface area contributed by atoms with Crippen LogP contribution in [0, 0.1) is 0 Å². The molecule has 0 bridgehead atoms. The van der Waals surface area contributed by atoms with Crippen LogP contribution in [0.4, 0.5) is 0 Å². The Labute approximate surface area is 110 Å². The maximum Gasteiger partial charge on any atom is 0.225 e. The average molecular weight is 258 g/mol. The summed E-state index contributed by atoms with van der Waals surface area (Å²) in [4.78, 5) is 14.2. The average Bonchev–Trinajstić information content (AvgIpc) is 2.82. The molecule has 1 aliphatic heterocycles. The van der Waals surface area contributed by atoms with E-state index in [1.54, 1.807) is 0 Å². The van der Waals surface area contributed by atoms with E-state index in [1.165, 1.54) is 0 Å². The first kappa shape index (κ1) is 14.8. The maximum atomic E-state index is 12.2. The third-order valence-electron chi connectivity index (χ3n) is 3.07. The van der Waals surface area contributed by atoms with Crippen LogP contribution in [-0.2, 0) is 4.79 Å². The van der Waals surface area contributed by atoms with E-state index in [2.05, 4.69) is 24.1 Å². The van der Waals surface area contributed by atoms with Gasteiger partial charge >= 0.3 is 0 Å². The molecule has 0 saturated carbocycles. The maximum absolute atomic E-state index is 12.2. The van der Waals surface area contributed by atoms with Crippen molar-refractivity contribution in [1.82, 2.24) is 10.2 Å². The SMILES string of the molecule is CCCCN(CCCC)C(=O)CC1NCCS1. The topological polar surface area (TPSA) is 32.3 Å². The Morgan fingerprint density at radius 2 is 1.94 bits per heavy atom. The Hall–Kier alpha value is -0.220. The van der Waals surface area contributed by atoms with Crippen LogP contribution in [-0.4, -0.2) is 41.6 Å². The zero-order valence-corrected chi connectivity index (χ0v) is 12.0. The molecular formula is C13H26N2OS. The van der Waals surface area contributed by atoms with E-state index >= 15 is 0 Å². The van der Waals surface area contributed by atoms with Gasteiger partial charge < -0.3 is 10.2 Å². The summed E-state index contributed by atoms with van der Waals surface area (Å²) >= 11 is 1.88. The van der Waals surface area contributed by atoms with Crippen molar-refractivity contribution in [2.24, 2.45) is 0 Å². The van der Waals surface area contributed by atoms with Gasteiger partial charge in [0.2, 0.25) is 5.91 Å². The highest BCUT2D eigenvalue weighted by atomic mass is 32.2. The summed E-state index contributed by atoms with van der Waals surface area (Å²) in [7, 11) is 0. The smallest absolute Gasteiger partial charge is 0.225 e. The molecule has 0 aromatic carbocycles. The number of nitrogens with one attached hydrogen (secondary N) is 1. The Morgan fingerprint density at radius 3 is 2.41 bits per heavy atom. The van der Waals surface area contributed by atoms with Gasteiger partial charge in [-0.05, 0) is 12.8 Å². The molecule has 17 heavy (non-hydrogen) atoms. The fraction of sp³-hybridized carbons (Fsp3) is 0.923. The van der Waals surface area contributed by atoms with Crippen LogP contribution >= 0.6 is 11.8 Å². The molecule has 1 unspecified atom stereocenters. The van der Waals surface area contributed by atoms with Gasteiger partial charge in [0.25, 0.3) is 0 Å². The van der Waals surface area contributed by atoms with Crippen molar-refractivity contribution in [2.45, 2.75) is 51.3 Å². The van der Waals surface area contributed by atoms with Gasteiger partial charge in [0.05, 0.1) is 11.8 Å². The van der Waals surface area contributed by atoms with Crippen molar-refractivity contribution in [3.8, 4) is 0 Å². The Bertz CT molecular complexity index is 209. The van der Waals surface area contributed by atoms with Gasteiger partial charge in [-0.3, -0.25) is 4.79 Å². The number of thioether (sulfide) groups is 1. The van der Waals surface area contributed by atoms with Gasteiger partial charge in [0.15, 0.2) is 0 Å². The predicted molar refractivity (Wildman–Crippen MR) is 75.3 cm³/mol. The van der Waals surface area contributed by atoms with Crippen molar-refractivity contribution >= 4 is 17.7 Å². The van der Waals surface area contributed by atoms with Crippen molar-refractivity contribution < 1.29 is 4.79 Å². The highest BCUT2D eigenvalue weighted by Gasteiger charge is 2.21. The number of unbranched alkanes of at least 4 members (excludes halogenated alkanes) is 2. The van der Waals surface area contributed by atoms with Crippen molar-refractivity contribution in [2.75, 3.05) is 25.4 Å². The van der Waals surface area contributed by atoms with Gasteiger partial charge in [-0.25, -0.2) is 0 Å². The molecule has 3 nitrogen and oxygen atoms in total. The molecule has 1 fully saturated rings. The minimum Gasteiger partial charge on any atom is -0.343 e. The van der Waals surface area contributed by atoms with Crippen molar-refractivity contribution in [3.63, 3.8) is 0 Å².